The van der Waals surface area contributed by atoms with Crippen LogP contribution in [-0.2, 0) is 0 Å². The smallest absolute Gasteiger partial charge is 0.192 e. The number of halogens is 1. The number of hydrogen-bond donors (Lipinski definition) is 1. The maximum Gasteiger partial charge on any atom is 0.192 e. The summed E-state index contributed by atoms with van der Waals surface area (Å²) >= 11 is 5.66. The predicted molar refractivity (Wildman–Crippen MR) is 81.8 cm³/mol. The molecule has 3 nitrogen and oxygen atoms in total. The highest BCUT2D eigenvalue weighted by molar-refractivity contribution is 6.63. The quantitative estimate of drug-likeness (QED) is 0.389. The van der Waals surface area contributed by atoms with Gasteiger partial charge in [0.1, 0.15) is 6.17 Å². The number of benzene rings is 1. The van der Waals surface area contributed by atoms with Crippen molar-refractivity contribution in [2.75, 3.05) is 7.05 Å². The van der Waals surface area contributed by atoms with Gasteiger partial charge in [-0.1, -0.05) is 42.7 Å². The molecule has 0 saturated heterocycles. The summed E-state index contributed by atoms with van der Waals surface area (Å²) < 4.78 is 0. The van der Waals surface area contributed by atoms with E-state index in [2.05, 4.69) is 23.4 Å². The first kappa shape index (κ1) is 15.0. The van der Waals surface area contributed by atoms with Crippen LogP contribution in [0, 0.1) is 17.3 Å². The van der Waals surface area contributed by atoms with Crippen LogP contribution in [0.15, 0.2) is 48.0 Å². The lowest BCUT2D eigenvalue weighted by molar-refractivity contribution is 0.388. The predicted octanol–water partition coefficient (Wildman–Crippen LogP) is 3.12. The molecule has 0 spiro atoms. The highest BCUT2D eigenvalue weighted by Crippen LogP contribution is 2.06. The molecule has 0 aliphatic carbocycles. The number of allylic oxidation sites excluding steroid dienone is 1. The fraction of sp³-hybridized carbons (Fsp3) is 0.200. The summed E-state index contributed by atoms with van der Waals surface area (Å²) in [5.41, 5.74) is 0.956. The molecule has 1 N–H and O–H groups in total. The van der Waals surface area contributed by atoms with E-state index in [4.69, 9.17) is 17.0 Å². The van der Waals surface area contributed by atoms with Crippen molar-refractivity contribution in [2.45, 2.75) is 12.6 Å². The summed E-state index contributed by atoms with van der Waals surface area (Å²) in [5, 5.41) is 7.35. The van der Waals surface area contributed by atoms with E-state index in [1.54, 1.807) is 24.2 Å². The van der Waals surface area contributed by atoms with Gasteiger partial charge in [-0.25, -0.2) is 0 Å². The molecule has 0 fully saturated rings. The lowest BCUT2D eigenvalue weighted by Gasteiger charge is -2.22. The van der Waals surface area contributed by atoms with Gasteiger partial charge >= 0.3 is 0 Å². The second-order valence-corrected chi connectivity index (χ2v) is 4.15. The zero-order valence-corrected chi connectivity index (χ0v) is 11.6. The average Bonchev–Trinajstić information content (AvgIpc) is 2.43. The van der Waals surface area contributed by atoms with E-state index >= 15 is 0 Å². The van der Waals surface area contributed by atoms with Crippen molar-refractivity contribution < 1.29 is 0 Å². The van der Waals surface area contributed by atoms with Gasteiger partial charge in [-0.3, -0.25) is 10.4 Å². The largest absolute Gasteiger partial charge is 0.327 e. The molecule has 0 aromatic heterocycles. The van der Waals surface area contributed by atoms with Crippen LogP contribution in [0.1, 0.15) is 12.0 Å². The topological polar surface area (TPSA) is 39.5 Å². The molecular weight excluding hydrogens is 258 g/mol. The SMILES string of the molecule is C=CC=NC(CC#Cc1ccccc1)N(C)C(=N)Cl. The Morgan fingerprint density at radius 1 is 1.53 bits per heavy atom. The first-order valence-electron chi connectivity index (χ1n) is 5.80. The van der Waals surface area contributed by atoms with Gasteiger partial charge in [-0.05, 0) is 23.7 Å². The number of aliphatic imine (C=N–C) groups is 1. The van der Waals surface area contributed by atoms with E-state index in [0.29, 0.717) is 6.42 Å². The van der Waals surface area contributed by atoms with Crippen molar-refractivity contribution in [2.24, 2.45) is 4.99 Å². The van der Waals surface area contributed by atoms with Crippen LogP contribution in [0.2, 0.25) is 0 Å². The van der Waals surface area contributed by atoms with Crippen molar-refractivity contribution in [3.05, 3.63) is 48.6 Å². The van der Waals surface area contributed by atoms with E-state index in [1.165, 1.54) is 0 Å². The standard InChI is InChI=1S/C15H16ClN3/c1-3-12-18-14(19(2)15(16)17)11-7-10-13-8-5-4-6-9-13/h3-6,8-9,12,14,17H,1,11H2,2H3. The van der Waals surface area contributed by atoms with E-state index in [9.17, 15) is 0 Å². The molecule has 0 amide bonds. The molecule has 98 valence electrons. The number of rotatable bonds is 4. The molecular formula is C15H16ClN3. The molecule has 1 aromatic rings. The maximum atomic E-state index is 7.41. The van der Waals surface area contributed by atoms with Gasteiger partial charge in [0.2, 0.25) is 0 Å². The Labute approximate surface area is 119 Å². The fourth-order valence-corrected chi connectivity index (χ4v) is 1.46. The summed E-state index contributed by atoms with van der Waals surface area (Å²) in [5.74, 6) is 6.11. The third-order valence-electron chi connectivity index (χ3n) is 2.41. The molecule has 0 bridgehead atoms. The van der Waals surface area contributed by atoms with Gasteiger partial charge < -0.3 is 4.90 Å². The van der Waals surface area contributed by atoms with E-state index in [1.807, 2.05) is 30.3 Å². The first-order chi connectivity index (χ1) is 9.15. The van der Waals surface area contributed by atoms with Crippen LogP contribution in [0.25, 0.3) is 0 Å². The van der Waals surface area contributed by atoms with Gasteiger partial charge in [0.25, 0.3) is 0 Å². The van der Waals surface area contributed by atoms with Crippen molar-refractivity contribution >= 4 is 23.1 Å². The molecule has 0 aliphatic rings. The van der Waals surface area contributed by atoms with Crippen LogP contribution in [0.3, 0.4) is 0 Å². The van der Waals surface area contributed by atoms with Gasteiger partial charge in [0.05, 0.1) is 6.42 Å². The second-order valence-electron chi connectivity index (χ2n) is 3.79. The Bertz CT molecular complexity index is 511. The monoisotopic (exact) mass is 273 g/mol. The van der Waals surface area contributed by atoms with Gasteiger partial charge in [0.15, 0.2) is 5.29 Å². The van der Waals surface area contributed by atoms with Gasteiger partial charge in [-0.2, -0.15) is 0 Å². The van der Waals surface area contributed by atoms with Crippen molar-refractivity contribution in [3.63, 3.8) is 0 Å². The molecule has 19 heavy (non-hydrogen) atoms. The zero-order chi connectivity index (χ0) is 14.1. The van der Waals surface area contributed by atoms with Crippen molar-refractivity contribution in [1.29, 1.82) is 5.41 Å². The average molecular weight is 274 g/mol. The first-order valence-corrected chi connectivity index (χ1v) is 6.18. The minimum atomic E-state index is -0.279. The van der Waals surface area contributed by atoms with Crippen molar-refractivity contribution in [3.8, 4) is 11.8 Å². The number of amidine groups is 1. The van der Waals surface area contributed by atoms with Gasteiger partial charge in [-0.15, -0.1) is 0 Å². The third-order valence-corrected chi connectivity index (χ3v) is 2.68. The Morgan fingerprint density at radius 2 is 2.21 bits per heavy atom. The Kier molecular flexibility index (Phi) is 6.42. The number of nitrogens with zero attached hydrogens (tertiary/aromatic N) is 2. The molecule has 1 aromatic carbocycles. The van der Waals surface area contributed by atoms with Crippen LogP contribution in [0.5, 0.6) is 0 Å². The van der Waals surface area contributed by atoms with Crippen LogP contribution in [-0.4, -0.2) is 29.6 Å². The Hall–Kier alpha value is -2.05. The number of hydrogen-bond acceptors (Lipinski definition) is 2. The second kappa shape index (κ2) is 8.12. The summed E-state index contributed by atoms with van der Waals surface area (Å²) in [6, 6.07) is 9.73. The summed E-state index contributed by atoms with van der Waals surface area (Å²) in [6.07, 6.45) is 3.39. The van der Waals surface area contributed by atoms with Crippen molar-refractivity contribution in [1.82, 2.24) is 4.90 Å². The van der Waals surface area contributed by atoms with E-state index in [0.717, 1.165) is 5.56 Å². The highest BCUT2D eigenvalue weighted by Gasteiger charge is 2.12. The Morgan fingerprint density at radius 3 is 2.79 bits per heavy atom. The van der Waals surface area contributed by atoms with Gasteiger partial charge in [0, 0.05) is 18.8 Å². The zero-order valence-electron chi connectivity index (χ0n) is 10.8. The molecule has 1 atom stereocenters. The van der Waals surface area contributed by atoms with Crippen LogP contribution in [0.4, 0.5) is 0 Å². The highest BCUT2D eigenvalue weighted by atomic mass is 35.5. The summed E-state index contributed by atoms with van der Waals surface area (Å²) in [4.78, 5) is 5.81. The normalized spacial score (nSPS) is 11.5. The molecule has 1 unspecified atom stereocenters. The van der Waals surface area contributed by atoms with E-state index in [-0.39, 0.29) is 11.5 Å². The summed E-state index contributed by atoms with van der Waals surface area (Å²) in [7, 11) is 1.71. The minimum absolute atomic E-state index is 0.0623. The van der Waals surface area contributed by atoms with E-state index < -0.39 is 0 Å². The number of nitrogens with one attached hydrogen (secondary N) is 1. The third kappa shape index (κ3) is 5.41. The van der Waals surface area contributed by atoms with Crippen LogP contribution < -0.4 is 0 Å². The van der Waals surface area contributed by atoms with Crippen LogP contribution >= 0.6 is 11.6 Å². The molecule has 0 radical (unpaired) electrons. The Balaban J connectivity index is 2.73. The molecule has 0 heterocycles. The maximum absolute atomic E-state index is 7.41. The summed E-state index contributed by atoms with van der Waals surface area (Å²) in [6.45, 7) is 3.57. The lowest BCUT2D eigenvalue weighted by atomic mass is 10.2. The molecule has 0 saturated carbocycles. The fourth-order valence-electron chi connectivity index (χ4n) is 1.35. The molecule has 1 rings (SSSR count). The molecule has 4 heteroatoms. The molecule has 0 aliphatic heterocycles. The lowest BCUT2D eigenvalue weighted by Crippen LogP contribution is -2.32. The minimum Gasteiger partial charge on any atom is -0.327 e.